The summed E-state index contributed by atoms with van der Waals surface area (Å²) in [5.74, 6) is -1.14. The van der Waals surface area contributed by atoms with Gasteiger partial charge in [0.25, 0.3) is 5.91 Å². The van der Waals surface area contributed by atoms with Crippen molar-refractivity contribution in [2.75, 3.05) is 5.32 Å². The molecule has 0 aliphatic carbocycles. The molecule has 0 atom stereocenters. The van der Waals surface area contributed by atoms with Crippen LogP contribution in [0.25, 0.3) is 0 Å². The first-order chi connectivity index (χ1) is 8.97. The van der Waals surface area contributed by atoms with E-state index < -0.39 is 11.9 Å². The summed E-state index contributed by atoms with van der Waals surface area (Å²) in [6.45, 7) is 1.65. The molecular formula is C12H9ClN2O4. The molecule has 98 valence electrons. The highest BCUT2D eigenvalue weighted by Crippen LogP contribution is 2.23. The van der Waals surface area contributed by atoms with Crippen molar-refractivity contribution in [2.45, 2.75) is 6.92 Å². The number of carbonyl (C=O) groups is 2. The topological polar surface area (TPSA) is 92.4 Å². The van der Waals surface area contributed by atoms with E-state index in [1.807, 2.05) is 0 Å². The fraction of sp³-hybridized carbons (Fsp3) is 0.0833. The highest BCUT2D eigenvalue weighted by Gasteiger charge is 2.14. The molecule has 1 heterocycles. The van der Waals surface area contributed by atoms with Gasteiger partial charge in [0.2, 0.25) is 0 Å². The zero-order valence-electron chi connectivity index (χ0n) is 9.81. The zero-order chi connectivity index (χ0) is 14.0. The van der Waals surface area contributed by atoms with Crippen molar-refractivity contribution in [1.82, 2.24) is 5.16 Å². The zero-order valence-corrected chi connectivity index (χ0v) is 10.6. The van der Waals surface area contributed by atoms with Crippen LogP contribution in [0.15, 0.2) is 28.8 Å². The van der Waals surface area contributed by atoms with Crippen LogP contribution in [0.1, 0.15) is 26.6 Å². The van der Waals surface area contributed by atoms with Crippen molar-refractivity contribution in [1.29, 1.82) is 0 Å². The molecule has 0 saturated carbocycles. The van der Waals surface area contributed by atoms with Gasteiger partial charge in [-0.15, -0.1) is 0 Å². The smallest absolute Gasteiger partial charge is 0.335 e. The first kappa shape index (κ1) is 13.1. The third-order valence-corrected chi connectivity index (χ3v) is 2.65. The summed E-state index contributed by atoms with van der Waals surface area (Å²) in [4.78, 5) is 22.7. The number of benzene rings is 1. The molecule has 0 aliphatic heterocycles. The molecule has 0 bridgehead atoms. The van der Waals surface area contributed by atoms with Gasteiger partial charge in [0.05, 0.1) is 16.3 Å². The standard InChI is InChI=1S/C12H9ClN2O4/c1-6-4-10(15-19-6)11(16)14-9-5-7(12(17)18)2-3-8(9)13/h2-5H,1H3,(H,14,16)(H,17,18). The monoisotopic (exact) mass is 280 g/mol. The molecule has 0 unspecified atom stereocenters. The van der Waals surface area contributed by atoms with E-state index in [9.17, 15) is 9.59 Å². The summed E-state index contributed by atoms with van der Waals surface area (Å²) in [6.07, 6.45) is 0. The molecule has 0 saturated heterocycles. The molecule has 2 N–H and O–H groups in total. The fourth-order valence-corrected chi connectivity index (χ4v) is 1.58. The minimum atomic E-state index is -1.11. The molecule has 0 radical (unpaired) electrons. The number of anilines is 1. The van der Waals surface area contributed by atoms with Crippen LogP contribution >= 0.6 is 11.6 Å². The highest BCUT2D eigenvalue weighted by molar-refractivity contribution is 6.34. The summed E-state index contributed by atoms with van der Waals surface area (Å²) in [6, 6.07) is 5.48. The lowest BCUT2D eigenvalue weighted by Crippen LogP contribution is -2.13. The maximum atomic E-state index is 11.8. The Bertz CT molecular complexity index is 651. The van der Waals surface area contributed by atoms with Gasteiger partial charge in [-0.1, -0.05) is 16.8 Å². The Balaban J connectivity index is 2.25. The van der Waals surface area contributed by atoms with E-state index in [0.29, 0.717) is 5.76 Å². The Labute approximate surface area is 113 Å². The van der Waals surface area contributed by atoms with E-state index >= 15 is 0 Å². The van der Waals surface area contributed by atoms with E-state index in [1.54, 1.807) is 6.92 Å². The molecular weight excluding hydrogens is 272 g/mol. The molecule has 6 nitrogen and oxygen atoms in total. The largest absolute Gasteiger partial charge is 0.478 e. The van der Waals surface area contributed by atoms with Crippen LogP contribution in [-0.4, -0.2) is 22.1 Å². The molecule has 0 spiro atoms. The van der Waals surface area contributed by atoms with E-state index in [2.05, 4.69) is 10.5 Å². The molecule has 1 amide bonds. The number of hydrogen-bond acceptors (Lipinski definition) is 4. The van der Waals surface area contributed by atoms with Crippen molar-refractivity contribution < 1.29 is 19.2 Å². The Kier molecular flexibility index (Phi) is 3.52. The van der Waals surface area contributed by atoms with Crippen molar-refractivity contribution in [3.8, 4) is 0 Å². The minimum Gasteiger partial charge on any atom is -0.478 e. The lowest BCUT2D eigenvalue weighted by molar-refractivity contribution is 0.0696. The van der Waals surface area contributed by atoms with Crippen molar-refractivity contribution in [3.05, 3.63) is 46.3 Å². The molecule has 7 heteroatoms. The Morgan fingerprint density at radius 2 is 2.11 bits per heavy atom. The number of nitrogens with one attached hydrogen (secondary N) is 1. The lowest BCUT2D eigenvalue weighted by Gasteiger charge is -2.06. The van der Waals surface area contributed by atoms with E-state index in [-0.39, 0.29) is 22.0 Å². The third kappa shape index (κ3) is 2.92. The predicted molar refractivity (Wildman–Crippen MR) is 67.6 cm³/mol. The summed E-state index contributed by atoms with van der Waals surface area (Å²) < 4.78 is 4.78. The maximum absolute atomic E-state index is 11.8. The van der Waals surface area contributed by atoms with E-state index in [0.717, 1.165) is 0 Å². The second-order valence-corrected chi connectivity index (χ2v) is 4.18. The van der Waals surface area contributed by atoms with Crippen LogP contribution in [0.2, 0.25) is 5.02 Å². The fourth-order valence-electron chi connectivity index (χ4n) is 1.41. The quantitative estimate of drug-likeness (QED) is 0.901. The number of hydrogen-bond donors (Lipinski definition) is 2. The molecule has 1 aromatic carbocycles. The first-order valence-corrected chi connectivity index (χ1v) is 5.62. The van der Waals surface area contributed by atoms with Crippen molar-refractivity contribution in [2.24, 2.45) is 0 Å². The minimum absolute atomic E-state index is 0.0241. The normalized spacial score (nSPS) is 10.2. The third-order valence-electron chi connectivity index (χ3n) is 2.32. The van der Waals surface area contributed by atoms with Gasteiger partial charge in [-0.3, -0.25) is 4.79 Å². The Morgan fingerprint density at radius 3 is 2.68 bits per heavy atom. The average Bonchev–Trinajstić information content (AvgIpc) is 2.78. The predicted octanol–water partition coefficient (Wildman–Crippen LogP) is 2.59. The lowest BCUT2D eigenvalue weighted by atomic mass is 10.2. The van der Waals surface area contributed by atoms with Crippen molar-refractivity contribution in [3.63, 3.8) is 0 Å². The second kappa shape index (κ2) is 5.11. The molecule has 2 rings (SSSR count). The number of carboxylic acids is 1. The van der Waals surface area contributed by atoms with Crippen molar-refractivity contribution >= 4 is 29.2 Å². The number of carboxylic acid groups (broad SMARTS) is 1. The van der Waals surface area contributed by atoms with Gasteiger partial charge < -0.3 is 14.9 Å². The van der Waals surface area contributed by atoms with Gasteiger partial charge >= 0.3 is 5.97 Å². The maximum Gasteiger partial charge on any atom is 0.335 e. The van der Waals surface area contributed by atoms with Gasteiger partial charge in [-0.05, 0) is 25.1 Å². The first-order valence-electron chi connectivity index (χ1n) is 5.25. The number of rotatable bonds is 3. The Hall–Kier alpha value is -2.34. The molecule has 0 aliphatic rings. The number of aromatic carboxylic acids is 1. The van der Waals surface area contributed by atoms with Gasteiger partial charge in [0.1, 0.15) is 5.76 Å². The van der Waals surface area contributed by atoms with Gasteiger partial charge in [-0.25, -0.2) is 4.79 Å². The van der Waals surface area contributed by atoms with Crippen LogP contribution in [0.5, 0.6) is 0 Å². The molecule has 1 aromatic heterocycles. The average molecular weight is 281 g/mol. The van der Waals surface area contributed by atoms with E-state index in [4.69, 9.17) is 21.2 Å². The number of amides is 1. The summed E-state index contributed by atoms with van der Waals surface area (Å²) in [5, 5.41) is 15.1. The number of carbonyl (C=O) groups excluding carboxylic acids is 1. The Morgan fingerprint density at radius 1 is 1.37 bits per heavy atom. The number of nitrogens with zero attached hydrogens (tertiary/aromatic N) is 1. The van der Waals surface area contributed by atoms with E-state index in [1.165, 1.54) is 24.3 Å². The van der Waals surface area contributed by atoms with Gasteiger partial charge in [0, 0.05) is 6.07 Å². The van der Waals surface area contributed by atoms with Crippen LogP contribution in [0.4, 0.5) is 5.69 Å². The van der Waals surface area contributed by atoms with Gasteiger partial charge in [-0.2, -0.15) is 0 Å². The number of aryl methyl sites for hydroxylation is 1. The number of halogens is 1. The van der Waals surface area contributed by atoms with Crippen LogP contribution in [0.3, 0.4) is 0 Å². The van der Waals surface area contributed by atoms with Crippen LogP contribution < -0.4 is 5.32 Å². The summed E-state index contributed by atoms with van der Waals surface area (Å²) in [7, 11) is 0. The van der Waals surface area contributed by atoms with Gasteiger partial charge in [0.15, 0.2) is 5.69 Å². The van der Waals surface area contributed by atoms with Crippen LogP contribution in [0, 0.1) is 6.92 Å². The number of aromatic nitrogens is 1. The molecule has 0 fully saturated rings. The summed E-state index contributed by atoms with van der Waals surface area (Å²) in [5.41, 5.74) is 0.317. The highest BCUT2D eigenvalue weighted by atomic mass is 35.5. The second-order valence-electron chi connectivity index (χ2n) is 3.78. The van der Waals surface area contributed by atoms with Crippen LogP contribution in [-0.2, 0) is 0 Å². The SMILES string of the molecule is Cc1cc(C(=O)Nc2cc(C(=O)O)ccc2Cl)no1. The molecule has 2 aromatic rings. The summed E-state index contributed by atoms with van der Waals surface area (Å²) >= 11 is 5.89. The molecule has 19 heavy (non-hydrogen) atoms.